The summed E-state index contributed by atoms with van der Waals surface area (Å²) in [6, 6.07) is 18.3. The van der Waals surface area contributed by atoms with Gasteiger partial charge in [-0.25, -0.2) is 0 Å². The van der Waals surface area contributed by atoms with Gasteiger partial charge in [0.25, 0.3) is 0 Å². The second-order valence-corrected chi connectivity index (χ2v) is 2.66. The fourth-order valence-corrected chi connectivity index (χ4v) is 1.15. The lowest BCUT2D eigenvalue weighted by Crippen LogP contribution is -1.85. The summed E-state index contributed by atoms with van der Waals surface area (Å²) in [5, 5.41) is 3.28. The number of hydrogen-bond donors (Lipinski definition) is 1. The largest absolute Gasteiger partial charge is 0.419 e. The Morgan fingerprint density at radius 3 is 2.42 bits per heavy atom. The number of anilines is 2. The van der Waals surface area contributed by atoms with E-state index in [0.29, 0.717) is 0 Å². The van der Waals surface area contributed by atoms with Crippen molar-refractivity contribution in [3.8, 4) is 0 Å². The summed E-state index contributed by atoms with van der Waals surface area (Å²) in [7, 11) is 0. The fourth-order valence-electron chi connectivity index (χ4n) is 1.15. The number of nitrogens with one attached hydrogen (secondary N) is 1. The molecule has 60 valence electrons. The van der Waals surface area contributed by atoms with Gasteiger partial charge < -0.3 is 5.32 Å². The highest BCUT2D eigenvalue weighted by Gasteiger charge is 1.84. The molecule has 2 aromatic carbocycles. The summed E-state index contributed by atoms with van der Waals surface area (Å²) in [6.45, 7) is 0. The van der Waals surface area contributed by atoms with Crippen molar-refractivity contribution in [2.75, 3.05) is 5.32 Å². The molecule has 0 saturated heterocycles. The van der Waals surface area contributed by atoms with Gasteiger partial charge in [0.05, 0.1) is 0 Å². The third kappa shape index (κ3) is 1.51. The van der Waals surface area contributed by atoms with Crippen molar-refractivity contribution in [1.29, 1.82) is 0 Å². The molecule has 0 bridgehead atoms. The first-order valence-electron chi connectivity index (χ1n) is 3.99. The Kier molecular flexibility index (Phi) is 1.87. The van der Waals surface area contributed by atoms with Crippen LogP contribution in [-0.2, 0) is 0 Å². The molecule has 2 rings (SSSR count). The van der Waals surface area contributed by atoms with Crippen LogP contribution in [0.5, 0.6) is 0 Å². The number of hydrogen-bond acceptors (Lipinski definition) is 1. The van der Waals surface area contributed by atoms with E-state index in [-0.39, 0.29) is 0 Å². The normalized spacial score (nSPS) is 9.67. The zero-order valence-electron chi connectivity index (χ0n) is 6.70. The van der Waals surface area contributed by atoms with E-state index in [4.69, 9.17) is 0 Å². The summed E-state index contributed by atoms with van der Waals surface area (Å²) in [5.74, 6) is 0. The van der Waals surface area contributed by atoms with E-state index >= 15 is 0 Å². The highest BCUT2D eigenvalue weighted by atomic mass is 14.9. The van der Waals surface area contributed by atoms with E-state index in [0.717, 1.165) is 11.4 Å². The summed E-state index contributed by atoms with van der Waals surface area (Å²) in [6.07, 6.45) is 0. The van der Waals surface area contributed by atoms with Crippen molar-refractivity contribution in [3.63, 3.8) is 0 Å². The van der Waals surface area contributed by atoms with E-state index in [1.54, 1.807) is 0 Å². The lowest BCUT2D eigenvalue weighted by atomic mass is 10.3. The molecule has 12 heavy (non-hydrogen) atoms. The van der Waals surface area contributed by atoms with Crippen LogP contribution in [0.1, 0.15) is 0 Å². The molecular weight excluding hydrogens is 146 g/mol. The molecule has 0 aromatic heterocycles. The van der Waals surface area contributed by atoms with Gasteiger partial charge in [-0.05, 0) is 12.1 Å². The Labute approximate surface area is 72.0 Å². The Bertz CT molecular complexity index is 321. The van der Waals surface area contributed by atoms with E-state index in [1.807, 2.05) is 54.6 Å². The number of para-hydroxylation sites is 1. The standard InChI is InChI=1S/C11H10N/c1-2-6-10(7-3-1)12-11-8-4-5-9-11/h1-9,12H/q-1. The highest BCUT2D eigenvalue weighted by molar-refractivity contribution is 5.59. The summed E-state index contributed by atoms with van der Waals surface area (Å²) < 4.78 is 0. The van der Waals surface area contributed by atoms with Crippen molar-refractivity contribution in [1.82, 2.24) is 0 Å². The van der Waals surface area contributed by atoms with Crippen LogP contribution in [0.4, 0.5) is 11.4 Å². The average Bonchev–Trinajstić information content (AvgIpc) is 2.59. The zero-order chi connectivity index (χ0) is 8.23. The molecule has 0 aliphatic heterocycles. The van der Waals surface area contributed by atoms with Crippen LogP contribution in [0.3, 0.4) is 0 Å². The van der Waals surface area contributed by atoms with Gasteiger partial charge in [0.1, 0.15) is 0 Å². The van der Waals surface area contributed by atoms with Gasteiger partial charge in [0, 0.05) is 5.69 Å². The molecular formula is C11H10N-. The molecule has 0 aliphatic rings. The van der Waals surface area contributed by atoms with Gasteiger partial charge in [-0.15, -0.1) is 5.69 Å². The van der Waals surface area contributed by atoms with Gasteiger partial charge in [0.15, 0.2) is 0 Å². The lowest BCUT2D eigenvalue weighted by molar-refractivity contribution is 1.59. The number of benzene rings is 1. The second kappa shape index (κ2) is 3.18. The van der Waals surface area contributed by atoms with Crippen LogP contribution < -0.4 is 5.32 Å². The molecule has 0 atom stereocenters. The highest BCUT2D eigenvalue weighted by Crippen LogP contribution is 2.15. The molecule has 1 heteroatoms. The van der Waals surface area contributed by atoms with Crippen LogP contribution in [0.25, 0.3) is 0 Å². The maximum absolute atomic E-state index is 3.28. The predicted octanol–water partition coefficient (Wildman–Crippen LogP) is 3.15. The molecule has 0 spiro atoms. The minimum Gasteiger partial charge on any atom is -0.419 e. The maximum atomic E-state index is 3.28. The first-order valence-corrected chi connectivity index (χ1v) is 3.99. The Balaban J connectivity index is 2.15. The minimum absolute atomic E-state index is 1.13. The molecule has 1 N–H and O–H groups in total. The quantitative estimate of drug-likeness (QED) is 0.658. The molecule has 2 aromatic rings. The first kappa shape index (κ1) is 7.04. The van der Waals surface area contributed by atoms with Crippen LogP contribution in [0, 0.1) is 0 Å². The monoisotopic (exact) mass is 156 g/mol. The molecule has 0 aliphatic carbocycles. The van der Waals surface area contributed by atoms with Crippen molar-refractivity contribution >= 4 is 11.4 Å². The van der Waals surface area contributed by atoms with Gasteiger partial charge in [0.2, 0.25) is 0 Å². The van der Waals surface area contributed by atoms with Gasteiger partial charge in [-0.1, -0.05) is 18.2 Å². The second-order valence-electron chi connectivity index (χ2n) is 2.66. The zero-order valence-corrected chi connectivity index (χ0v) is 6.70. The topological polar surface area (TPSA) is 12.0 Å². The van der Waals surface area contributed by atoms with Crippen molar-refractivity contribution in [3.05, 3.63) is 54.6 Å². The Morgan fingerprint density at radius 2 is 1.75 bits per heavy atom. The van der Waals surface area contributed by atoms with E-state index < -0.39 is 0 Å². The molecule has 0 radical (unpaired) electrons. The SMILES string of the molecule is c1ccc(Nc2cc[cH-]c2)cc1. The smallest absolute Gasteiger partial charge is 0.0266 e. The molecule has 0 fully saturated rings. The first-order chi connectivity index (χ1) is 5.95. The summed E-state index contributed by atoms with van der Waals surface area (Å²) in [5.41, 5.74) is 2.27. The summed E-state index contributed by atoms with van der Waals surface area (Å²) in [4.78, 5) is 0. The van der Waals surface area contributed by atoms with Crippen molar-refractivity contribution < 1.29 is 0 Å². The average molecular weight is 156 g/mol. The maximum Gasteiger partial charge on any atom is 0.0266 e. The van der Waals surface area contributed by atoms with Gasteiger partial charge in [-0.2, -0.15) is 24.3 Å². The number of rotatable bonds is 2. The minimum atomic E-state index is 1.13. The molecule has 0 heterocycles. The lowest BCUT2D eigenvalue weighted by Gasteiger charge is -2.08. The molecule has 0 unspecified atom stereocenters. The third-order valence-corrected chi connectivity index (χ3v) is 1.73. The molecule has 1 nitrogen and oxygen atoms in total. The van der Waals surface area contributed by atoms with Gasteiger partial charge >= 0.3 is 0 Å². The Hall–Kier alpha value is -1.63. The van der Waals surface area contributed by atoms with Crippen LogP contribution >= 0.6 is 0 Å². The van der Waals surface area contributed by atoms with Gasteiger partial charge in [-0.3, -0.25) is 0 Å². The van der Waals surface area contributed by atoms with Crippen molar-refractivity contribution in [2.24, 2.45) is 0 Å². The molecule has 0 saturated carbocycles. The Morgan fingerprint density at radius 1 is 0.917 bits per heavy atom. The summed E-state index contributed by atoms with van der Waals surface area (Å²) >= 11 is 0. The molecule has 0 amide bonds. The third-order valence-electron chi connectivity index (χ3n) is 1.73. The fraction of sp³-hybridized carbons (Fsp3) is 0. The van der Waals surface area contributed by atoms with Crippen molar-refractivity contribution in [2.45, 2.75) is 0 Å². The van der Waals surface area contributed by atoms with E-state index in [2.05, 4.69) is 5.32 Å². The van der Waals surface area contributed by atoms with E-state index in [1.165, 1.54) is 0 Å². The van der Waals surface area contributed by atoms with Crippen LogP contribution in [0.15, 0.2) is 54.6 Å². The van der Waals surface area contributed by atoms with Crippen LogP contribution in [-0.4, -0.2) is 0 Å². The van der Waals surface area contributed by atoms with Crippen LogP contribution in [0.2, 0.25) is 0 Å². The van der Waals surface area contributed by atoms with E-state index in [9.17, 15) is 0 Å². The predicted molar refractivity (Wildman–Crippen MR) is 51.8 cm³/mol.